The topological polar surface area (TPSA) is 0 Å². The fourth-order valence-electron chi connectivity index (χ4n) is 1.36. The molecule has 2 aromatic rings. The van der Waals surface area contributed by atoms with E-state index in [1.807, 2.05) is 17.5 Å². The van der Waals surface area contributed by atoms with Crippen molar-refractivity contribution in [3.05, 3.63) is 40.6 Å². The number of hydrogen-bond acceptors (Lipinski definition) is 1. The van der Waals surface area contributed by atoms with Crippen molar-refractivity contribution in [3.8, 4) is 0 Å². The van der Waals surface area contributed by atoms with Gasteiger partial charge in [-0.15, -0.1) is 11.3 Å². The molecule has 0 saturated carbocycles. The first kappa shape index (κ1) is 8.09. The highest BCUT2D eigenvalue weighted by atomic mass is 35.5. The lowest BCUT2D eigenvalue weighted by molar-refractivity contribution is 1.54. The van der Waals surface area contributed by atoms with E-state index in [1.54, 1.807) is 11.3 Å². The third kappa shape index (κ3) is 1.05. The Labute approximate surface area is 80.8 Å². The Morgan fingerprint density at radius 3 is 2.83 bits per heavy atom. The van der Waals surface area contributed by atoms with Crippen molar-refractivity contribution in [2.24, 2.45) is 0 Å². The molecule has 0 spiro atoms. The summed E-state index contributed by atoms with van der Waals surface area (Å²) >= 11 is 7.69. The van der Waals surface area contributed by atoms with Crippen LogP contribution < -0.4 is 0 Å². The number of aryl methyl sites for hydroxylation is 1. The lowest BCUT2D eigenvalue weighted by Gasteiger charge is -1.98. The summed E-state index contributed by atoms with van der Waals surface area (Å²) in [6, 6.07) is 3.97. The molecule has 2 heteroatoms. The molecule has 61 valence electrons. The highest BCUT2D eigenvalue weighted by Gasteiger charge is 2.05. The fraction of sp³-hybridized carbons (Fsp3) is 0.100. The monoisotopic (exact) mass is 195 g/mol. The maximum Gasteiger partial charge on any atom is 0.0584 e. The zero-order chi connectivity index (χ0) is 8.72. The van der Waals surface area contributed by atoms with E-state index >= 15 is 0 Å². The lowest BCUT2D eigenvalue weighted by atomic mass is 10.1. The van der Waals surface area contributed by atoms with Crippen LogP contribution in [0.2, 0.25) is 5.02 Å². The predicted octanol–water partition coefficient (Wildman–Crippen LogP) is 4.05. The Morgan fingerprint density at radius 2 is 2.17 bits per heavy atom. The summed E-state index contributed by atoms with van der Waals surface area (Å²) in [7, 11) is 0. The van der Waals surface area contributed by atoms with Gasteiger partial charge in [0.25, 0.3) is 0 Å². The van der Waals surface area contributed by atoms with E-state index in [9.17, 15) is 0 Å². The average Bonchev–Trinajstić information content (AvgIpc) is 2.42. The summed E-state index contributed by atoms with van der Waals surface area (Å²) in [6.07, 6.45) is 0. The van der Waals surface area contributed by atoms with Crippen molar-refractivity contribution in [3.63, 3.8) is 0 Å². The molecule has 0 amide bonds. The van der Waals surface area contributed by atoms with Crippen molar-refractivity contribution in [1.82, 2.24) is 0 Å². The molecule has 12 heavy (non-hydrogen) atoms. The second kappa shape index (κ2) is 2.75. The van der Waals surface area contributed by atoms with E-state index in [4.69, 9.17) is 11.6 Å². The van der Waals surface area contributed by atoms with Crippen LogP contribution in [0.25, 0.3) is 10.1 Å². The molecule has 0 atom stereocenters. The number of rotatable bonds is 0. The van der Waals surface area contributed by atoms with E-state index in [1.165, 1.54) is 10.9 Å². The maximum atomic E-state index is 6.02. The number of halogens is 1. The molecule has 0 aliphatic rings. The van der Waals surface area contributed by atoms with Crippen LogP contribution in [0.5, 0.6) is 0 Å². The van der Waals surface area contributed by atoms with Crippen molar-refractivity contribution in [2.45, 2.75) is 6.92 Å². The van der Waals surface area contributed by atoms with Crippen molar-refractivity contribution >= 4 is 33.0 Å². The van der Waals surface area contributed by atoms with Crippen molar-refractivity contribution in [2.75, 3.05) is 0 Å². The Hall–Kier alpha value is -0.530. The SMILES string of the molecule is [CH2]c1csc2c(Cl)ccc(C)c12. The number of thiophene rings is 1. The molecule has 2 rings (SSSR count). The second-order valence-electron chi connectivity index (χ2n) is 2.83. The van der Waals surface area contributed by atoms with Crippen LogP contribution in [-0.2, 0) is 0 Å². The van der Waals surface area contributed by atoms with Crippen LogP contribution in [-0.4, -0.2) is 0 Å². The molecule has 0 unspecified atom stereocenters. The minimum atomic E-state index is 0.829. The summed E-state index contributed by atoms with van der Waals surface area (Å²) in [5.74, 6) is 0. The summed E-state index contributed by atoms with van der Waals surface area (Å²) in [5, 5.41) is 4.09. The Bertz CT molecular complexity index is 429. The molecular weight excluding hydrogens is 188 g/mol. The summed E-state index contributed by atoms with van der Waals surface area (Å²) in [4.78, 5) is 0. The summed E-state index contributed by atoms with van der Waals surface area (Å²) in [6.45, 7) is 6.05. The first-order valence-electron chi connectivity index (χ1n) is 3.68. The molecule has 0 aliphatic carbocycles. The van der Waals surface area contributed by atoms with Crippen LogP contribution >= 0.6 is 22.9 Å². The van der Waals surface area contributed by atoms with Crippen LogP contribution in [0.3, 0.4) is 0 Å². The van der Waals surface area contributed by atoms with Crippen LogP contribution in [0, 0.1) is 13.8 Å². The molecule has 1 aromatic heterocycles. The normalized spacial score (nSPS) is 10.9. The van der Waals surface area contributed by atoms with Gasteiger partial charge in [-0.2, -0.15) is 0 Å². The summed E-state index contributed by atoms with van der Waals surface area (Å²) < 4.78 is 1.15. The summed E-state index contributed by atoms with van der Waals surface area (Å²) in [5.41, 5.74) is 2.33. The quantitative estimate of drug-likeness (QED) is 0.595. The van der Waals surface area contributed by atoms with Crippen LogP contribution in [0.4, 0.5) is 0 Å². The molecule has 0 bridgehead atoms. The molecule has 0 aliphatic heterocycles. The van der Waals surface area contributed by atoms with Crippen LogP contribution in [0.15, 0.2) is 17.5 Å². The molecule has 0 N–H and O–H groups in total. The zero-order valence-corrected chi connectivity index (χ0v) is 8.30. The van der Waals surface area contributed by atoms with E-state index in [-0.39, 0.29) is 0 Å². The van der Waals surface area contributed by atoms with Gasteiger partial charge in [-0.25, -0.2) is 0 Å². The highest BCUT2D eigenvalue weighted by molar-refractivity contribution is 7.18. The maximum absolute atomic E-state index is 6.02. The Kier molecular flexibility index (Phi) is 1.85. The molecule has 0 nitrogen and oxygen atoms in total. The van der Waals surface area contributed by atoms with Crippen molar-refractivity contribution < 1.29 is 0 Å². The van der Waals surface area contributed by atoms with E-state index in [2.05, 4.69) is 13.8 Å². The number of fused-ring (bicyclic) bond motifs is 1. The van der Waals surface area contributed by atoms with Gasteiger partial charge in [-0.3, -0.25) is 0 Å². The van der Waals surface area contributed by atoms with Crippen LogP contribution in [0.1, 0.15) is 11.1 Å². The van der Waals surface area contributed by atoms with Gasteiger partial charge in [0.05, 0.1) is 9.72 Å². The van der Waals surface area contributed by atoms with Gasteiger partial charge in [-0.1, -0.05) is 17.7 Å². The van der Waals surface area contributed by atoms with Gasteiger partial charge in [0, 0.05) is 5.39 Å². The molecular formula is C10H8ClS. The standard InChI is InChI=1S/C10H8ClS/c1-6-3-4-8(11)10-9(6)7(2)5-12-10/h3-5H,2H2,1H3. The van der Waals surface area contributed by atoms with Gasteiger partial charge in [0.1, 0.15) is 0 Å². The van der Waals surface area contributed by atoms with E-state index in [0.29, 0.717) is 0 Å². The molecule has 0 saturated heterocycles. The van der Waals surface area contributed by atoms with E-state index < -0.39 is 0 Å². The average molecular weight is 196 g/mol. The zero-order valence-electron chi connectivity index (χ0n) is 6.73. The van der Waals surface area contributed by atoms with E-state index in [0.717, 1.165) is 15.3 Å². The first-order chi connectivity index (χ1) is 5.70. The number of benzene rings is 1. The van der Waals surface area contributed by atoms with Gasteiger partial charge in [0.15, 0.2) is 0 Å². The molecule has 1 radical (unpaired) electrons. The minimum absolute atomic E-state index is 0.829. The minimum Gasteiger partial charge on any atom is -0.142 e. The Morgan fingerprint density at radius 1 is 1.42 bits per heavy atom. The van der Waals surface area contributed by atoms with Gasteiger partial charge < -0.3 is 0 Å². The fourth-order valence-corrected chi connectivity index (χ4v) is 2.62. The predicted molar refractivity (Wildman–Crippen MR) is 56.0 cm³/mol. The highest BCUT2D eigenvalue weighted by Crippen LogP contribution is 2.33. The third-order valence-corrected chi connectivity index (χ3v) is 3.45. The first-order valence-corrected chi connectivity index (χ1v) is 4.94. The lowest BCUT2D eigenvalue weighted by Crippen LogP contribution is -1.75. The molecule has 0 fully saturated rings. The molecule has 1 heterocycles. The third-order valence-electron chi connectivity index (χ3n) is 1.96. The van der Waals surface area contributed by atoms with Gasteiger partial charge in [-0.05, 0) is 36.4 Å². The van der Waals surface area contributed by atoms with Gasteiger partial charge in [0.2, 0.25) is 0 Å². The smallest absolute Gasteiger partial charge is 0.0584 e. The number of hydrogen-bond donors (Lipinski definition) is 0. The van der Waals surface area contributed by atoms with Crippen molar-refractivity contribution in [1.29, 1.82) is 0 Å². The Balaban J connectivity index is 2.98. The second-order valence-corrected chi connectivity index (χ2v) is 4.12. The largest absolute Gasteiger partial charge is 0.142 e. The van der Waals surface area contributed by atoms with Gasteiger partial charge >= 0.3 is 0 Å². The molecule has 1 aromatic carbocycles.